The summed E-state index contributed by atoms with van der Waals surface area (Å²) in [5.41, 5.74) is 5.80. The average Bonchev–Trinajstić information content (AvgIpc) is 3.12. The number of thiazole rings is 1. The van der Waals surface area contributed by atoms with Gasteiger partial charge in [0.15, 0.2) is 11.3 Å². The minimum Gasteiger partial charge on any atom is -0.356 e. The molecule has 2 fully saturated rings. The van der Waals surface area contributed by atoms with Crippen LogP contribution in [-0.4, -0.2) is 61.4 Å². The number of carbonyl (C=O) groups excluding carboxylic acids is 1. The number of likely N-dealkylation sites (tertiary alicyclic amines) is 1. The molecule has 2 N–H and O–H groups in total. The van der Waals surface area contributed by atoms with Crippen molar-refractivity contribution in [2.75, 3.05) is 45.2 Å². The van der Waals surface area contributed by atoms with Crippen molar-refractivity contribution in [3.63, 3.8) is 0 Å². The zero-order valence-corrected chi connectivity index (χ0v) is 13.8. The van der Waals surface area contributed by atoms with Gasteiger partial charge >= 0.3 is 0 Å². The van der Waals surface area contributed by atoms with Gasteiger partial charge in [0, 0.05) is 31.6 Å². The lowest BCUT2D eigenvalue weighted by Crippen LogP contribution is -2.55. The maximum atomic E-state index is 10.8. The molecule has 0 unspecified atom stereocenters. The van der Waals surface area contributed by atoms with E-state index in [1.165, 1.54) is 37.9 Å². The number of hydrogen-bond acceptors (Lipinski definition) is 7. The Morgan fingerprint density at radius 1 is 1.27 bits per heavy atom. The number of aromatic nitrogens is 2. The summed E-state index contributed by atoms with van der Waals surface area (Å²) in [6.45, 7) is 4.56. The predicted octanol–water partition coefficient (Wildman–Crippen LogP) is 1.22. The van der Waals surface area contributed by atoms with E-state index < -0.39 is 0 Å². The second-order valence-corrected chi connectivity index (χ2v) is 7.02. The molecule has 4 heterocycles. The van der Waals surface area contributed by atoms with Crippen LogP contribution < -0.4 is 10.6 Å². The Bertz CT molecular complexity index is 680. The van der Waals surface area contributed by atoms with Crippen LogP contribution in [0.3, 0.4) is 0 Å². The number of nitrogens with two attached hydrogens (primary N) is 1. The quantitative estimate of drug-likeness (QED) is 0.839. The van der Waals surface area contributed by atoms with E-state index >= 15 is 0 Å². The lowest BCUT2D eigenvalue weighted by molar-refractivity contribution is 0.0424. The molecule has 2 aromatic rings. The van der Waals surface area contributed by atoms with Crippen molar-refractivity contribution in [2.45, 2.75) is 6.42 Å². The van der Waals surface area contributed by atoms with E-state index in [9.17, 15) is 4.79 Å². The van der Waals surface area contributed by atoms with Gasteiger partial charge in [0.1, 0.15) is 16.2 Å². The zero-order valence-electron chi connectivity index (χ0n) is 13.0. The Balaban J connectivity index is 0.000000693. The first kappa shape index (κ1) is 15.3. The normalized spacial score (nSPS) is 19.9. The largest absolute Gasteiger partial charge is 0.356 e. The second-order valence-electron chi connectivity index (χ2n) is 6.01. The van der Waals surface area contributed by atoms with E-state index in [0.29, 0.717) is 10.4 Å². The molecule has 22 heavy (non-hydrogen) atoms. The van der Waals surface area contributed by atoms with Crippen LogP contribution in [0.5, 0.6) is 0 Å². The maximum absolute atomic E-state index is 10.8. The van der Waals surface area contributed by atoms with Gasteiger partial charge in [-0.1, -0.05) is 11.3 Å². The molecular formula is C15H21N5OS. The van der Waals surface area contributed by atoms with E-state index in [0.717, 1.165) is 35.5 Å². The highest BCUT2D eigenvalue weighted by Crippen LogP contribution is 2.40. The molecule has 2 aromatic heterocycles. The van der Waals surface area contributed by atoms with Gasteiger partial charge in [0.25, 0.3) is 0 Å². The Labute approximate surface area is 133 Å². The van der Waals surface area contributed by atoms with Crippen molar-refractivity contribution in [1.82, 2.24) is 14.9 Å². The fourth-order valence-electron chi connectivity index (χ4n) is 3.54. The van der Waals surface area contributed by atoms with E-state index in [-0.39, 0.29) is 0 Å². The Hall–Kier alpha value is -1.57. The van der Waals surface area contributed by atoms with E-state index in [2.05, 4.69) is 32.5 Å². The topological polar surface area (TPSA) is 75.3 Å². The average molecular weight is 319 g/mol. The van der Waals surface area contributed by atoms with Crippen molar-refractivity contribution in [1.29, 1.82) is 0 Å². The van der Waals surface area contributed by atoms with Crippen LogP contribution in [0, 0.1) is 5.41 Å². The maximum Gasteiger partial charge on any atom is 0.178 e. The van der Waals surface area contributed by atoms with Crippen molar-refractivity contribution in [3.8, 4) is 0 Å². The molecule has 7 heteroatoms. The van der Waals surface area contributed by atoms with Gasteiger partial charge in [-0.3, -0.25) is 4.79 Å². The van der Waals surface area contributed by atoms with Gasteiger partial charge in [-0.25, -0.2) is 9.97 Å². The van der Waals surface area contributed by atoms with Gasteiger partial charge in [-0.15, -0.1) is 0 Å². The summed E-state index contributed by atoms with van der Waals surface area (Å²) < 4.78 is 0. The number of hydrogen-bond donors (Lipinski definition) is 1. The third kappa shape index (κ3) is 2.60. The molecule has 0 aromatic carbocycles. The van der Waals surface area contributed by atoms with Crippen molar-refractivity contribution in [3.05, 3.63) is 17.1 Å². The summed E-state index contributed by atoms with van der Waals surface area (Å²) in [5, 5.41) is 0.503. The molecule has 2 aliphatic heterocycles. The highest BCUT2D eigenvalue weighted by Gasteiger charge is 2.46. The van der Waals surface area contributed by atoms with Crippen LogP contribution in [0.1, 0.15) is 16.2 Å². The molecule has 0 bridgehead atoms. The predicted molar refractivity (Wildman–Crippen MR) is 89.7 cm³/mol. The fraction of sp³-hybridized carbons (Fsp3) is 0.533. The Kier molecular flexibility index (Phi) is 4.12. The van der Waals surface area contributed by atoms with Crippen molar-refractivity contribution >= 4 is 33.8 Å². The highest BCUT2D eigenvalue weighted by atomic mass is 32.1. The van der Waals surface area contributed by atoms with E-state index in [4.69, 9.17) is 0 Å². The summed E-state index contributed by atoms with van der Waals surface area (Å²) in [5.74, 6) is 1.02. The van der Waals surface area contributed by atoms with E-state index in [1.54, 1.807) is 0 Å². The monoisotopic (exact) mass is 319 g/mol. The smallest absolute Gasteiger partial charge is 0.178 e. The first-order chi connectivity index (χ1) is 10.7. The molecule has 4 rings (SSSR count). The molecule has 0 saturated carbocycles. The van der Waals surface area contributed by atoms with E-state index in [1.807, 2.05) is 12.1 Å². The number of anilines is 1. The van der Waals surface area contributed by atoms with Crippen LogP contribution in [0.25, 0.3) is 10.3 Å². The van der Waals surface area contributed by atoms with Crippen LogP contribution in [-0.2, 0) is 0 Å². The van der Waals surface area contributed by atoms with Crippen LogP contribution in [0.15, 0.2) is 12.1 Å². The number of aldehydes is 1. The number of rotatable bonds is 2. The first-order valence-corrected chi connectivity index (χ1v) is 8.23. The van der Waals surface area contributed by atoms with Gasteiger partial charge in [0.05, 0.1) is 0 Å². The molecule has 0 amide bonds. The molecule has 2 saturated heterocycles. The molecule has 118 valence electrons. The molecular weight excluding hydrogens is 298 g/mol. The number of pyridine rings is 1. The minimum atomic E-state index is 0.479. The van der Waals surface area contributed by atoms with Gasteiger partial charge in [-0.2, -0.15) is 0 Å². The standard InChI is InChI=1S/C14H16N4OS.CH5N/c1-17-7-14(8-17)4-5-18(9-14)11-3-2-10-13(16-11)20-12(6-19)15-10;1-2/h2-3,6H,4-5,7-9H2,1H3;2H2,1H3. The van der Waals surface area contributed by atoms with Crippen LogP contribution in [0.4, 0.5) is 5.82 Å². The van der Waals surface area contributed by atoms with Crippen molar-refractivity contribution in [2.24, 2.45) is 11.1 Å². The first-order valence-electron chi connectivity index (χ1n) is 7.42. The number of fused-ring (bicyclic) bond motifs is 1. The molecule has 0 atom stereocenters. The molecule has 1 spiro atoms. The summed E-state index contributed by atoms with van der Waals surface area (Å²) in [4.78, 5) is 25.3. The zero-order chi connectivity index (χ0) is 15.7. The summed E-state index contributed by atoms with van der Waals surface area (Å²) in [7, 11) is 3.68. The molecule has 0 aliphatic carbocycles. The summed E-state index contributed by atoms with van der Waals surface area (Å²) in [6.07, 6.45) is 2.04. The summed E-state index contributed by atoms with van der Waals surface area (Å²) >= 11 is 1.37. The minimum absolute atomic E-state index is 0.479. The third-order valence-electron chi connectivity index (χ3n) is 4.33. The van der Waals surface area contributed by atoms with Gasteiger partial charge in [0.2, 0.25) is 0 Å². The van der Waals surface area contributed by atoms with Gasteiger partial charge < -0.3 is 15.5 Å². The second kappa shape index (κ2) is 5.91. The highest BCUT2D eigenvalue weighted by molar-refractivity contribution is 7.19. The molecule has 2 aliphatic rings. The lowest BCUT2D eigenvalue weighted by atomic mass is 9.79. The summed E-state index contributed by atoms with van der Waals surface area (Å²) in [6, 6.07) is 4.00. The van der Waals surface area contributed by atoms with Gasteiger partial charge in [-0.05, 0) is 32.6 Å². The Morgan fingerprint density at radius 3 is 2.73 bits per heavy atom. The SMILES string of the molecule is CN.CN1CC2(CCN(c3ccc4nc(C=O)sc4n3)C2)C1. The number of carbonyl (C=O) groups is 1. The van der Waals surface area contributed by atoms with Crippen LogP contribution in [0.2, 0.25) is 0 Å². The van der Waals surface area contributed by atoms with Crippen LogP contribution >= 0.6 is 11.3 Å². The molecule has 0 radical (unpaired) electrons. The van der Waals surface area contributed by atoms with Crippen molar-refractivity contribution < 1.29 is 4.79 Å². The molecule has 6 nitrogen and oxygen atoms in total. The third-order valence-corrected chi connectivity index (χ3v) is 5.22. The lowest BCUT2D eigenvalue weighted by Gasteiger charge is -2.46. The fourth-order valence-corrected chi connectivity index (χ4v) is 4.29. The number of nitrogens with zero attached hydrogens (tertiary/aromatic N) is 4. The Morgan fingerprint density at radius 2 is 2.05 bits per heavy atom.